The lowest BCUT2D eigenvalue weighted by molar-refractivity contribution is -0.384. The van der Waals surface area contributed by atoms with Crippen molar-refractivity contribution in [3.63, 3.8) is 0 Å². The molecule has 0 amide bonds. The molecule has 3 rings (SSSR count). The lowest BCUT2D eigenvalue weighted by Gasteiger charge is -2.29. The third kappa shape index (κ3) is 7.17. The van der Waals surface area contributed by atoms with E-state index in [4.69, 9.17) is 9.88 Å². The fourth-order valence-electron chi connectivity index (χ4n) is 3.37. The average Bonchev–Trinajstić information content (AvgIpc) is 2.76. The first kappa shape index (κ1) is 24.5. The van der Waals surface area contributed by atoms with Gasteiger partial charge in [-0.05, 0) is 37.6 Å². The number of nitrogens with one attached hydrogen (secondary N) is 1. The maximum absolute atomic E-state index is 11.6. The van der Waals surface area contributed by atoms with Gasteiger partial charge in [0.1, 0.15) is 5.69 Å². The maximum atomic E-state index is 11.6. The second-order valence-corrected chi connectivity index (χ2v) is 10.3. The van der Waals surface area contributed by atoms with Crippen LogP contribution < -0.4 is 10.5 Å². The molecular weight excluding hydrogens is 452 g/mol. The molecule has 0 radical (unpaired) electrons. The molecule has 11 heteroatoms. The molecule has 1 heterocycles. The molecule has 1 fully saturated rings. The minimum absolute atomic E-state index is 0.0665. The van der Waals surface area contributed by atoms with Crippen LogP contribution in [0.25, 0.3) is 0 Å². The first-order valence-corrected chi connectivity index (χ1v) is 12.8. The zero-order valence-electron chi connectivity index (χ0n) is 17.9. The third-order valence-electron chi connectivity index (χ3n) is 5.22. The summed E-state index contributed by atoms with van der Waals surface area (Å²) in [5.41, 5.74) is 1.15. The monoisotopic (exact) mass is 480 g/mol. The highest BCUT2D eigenvalue weighted by atomic mass is 32.2. The van der Waals surface area contributed by atoms with Gasteiger partial charge in [0.05, 0.1) is 23.0 Å². The van der Waals surface area contributed by atoms with E-state index < -0.39 is 14.9 Å². The van der Waals surface area contributed by atoms with Crippen LogP contribution in [-0.2, 0) is 14.8 Å². The van der Waals surface area contributed by atoms with Gasteiger partial charge in [0.25, 0.3) is 5.69 Å². The number of nitrogens with zero attached hydrogens (tertiary/aromatic N) is 2. The summed E-state index contributed by atoms with van der Waals surface area (Å²) in [6, 6.07) is 11.9. The Morgan fingerprint density at radius 1 is 1.22 bits per heavy atom. The molecule has 1 aliphatic heterocycles. The van der Waals surface area contributed by atoms with Crippen LogP contribution in [0.5, 0.6) is 0 Å². The van der Waals surface area contributed by atoms with Crippen molar-refractivity contribution in [1.82, 2.24) is 4.90 Å². The van der Waals surface area contributed by atoms with Gasteiger partial charge < -0.3 is 10.1 Å². The maximum Gasteiger partial charge on any atom is 0.293 e. The summed E-state index contributed by atoms with van der Waals surface area (Å²) < 4.78 is 28.6. The van der Waals surface area contributed by atoms with Crippen molar-refractivity contribution in [1.29, 1.82) is 0 Å². The van der Waals surface area contributed by atoms with Crippen LogP contribution in [0.15, 0.2) is 52.3 Å². The molecule has 2 aromatic rings. The van der Waals surface area contributed by atoms with Crippen molar-refractivity contribution in [2.45, 2.75) is 29.2 Å². The Kier molecular flexibility index (Phi) is 8.49. The molecule has 1 saturated heterocycles. The fourth-order valence-corrected chi connectivity index (χ4v) is 4.88. The summed E-state index contributed by atoms with van der Waals surface area (Å²) in [7, 11) is -4.03. The van der Waals surface area contributed by atoms with E-state index in [0.29, 0.717) is 19.0 Å². The number of benzene rings is 2. The first-order valence-electron chi connectivity index (χ1n) is 10.3. The summed E-state index contributed by atoms with van der Waals surface area (Å²) in [6.45, 7) is 6.00. The Morgan fingerprint density at radius 2 is 1.91 bits per heavy atom. The molecule has 0 spiro atoms. The van der Waals surface area contributed by atoms with Gasteiger partial charge in [-0.15, -0.1) is 11.8 Å². The largest absolute Gasteiger partial charge is 0.379 e. The molecule has 0 aliphatic carbocycles. The number of nitro benzene ring substituents is 1. The van der Waals surface area contributed by atoms with Crippen LogP contribution in [-0.4, -0.2) is 62.9 Å². The van der Waals surface area contributed by atoms with Crippen LogP contribution in [0.2, 0.25) is 0 Å². The second-order valence-electron chi connectivity index (χ2n) is 7.69. The lowest BCUT2D eigenvalue weighted by atomic mass is 10.2. The number of hydrogen-bond donors (Lipinski definition) is 2. The number of aryl methyl sites for hydroxylation is 1. The summed E-state index contributed by atoms with van der Waals surface area (Å²) in [4.78, 5) is 14.2. The van der Waals surface area contributed by atoms with E-state index in [-0.39, 0.29) is 22.3 Å². The highest BCUT2D eigenvalue weighted by Crippen LogP contribution is 2.29. The number of hydrogen-bond acceptors (Lipinski definition) is 8. The zero-order chi connectivity index (χ0) is 23.1. The number of anilines is 1. The smallest absolute Gasteiger partial charge is 0.293 e. The molecule has 0 aromatic heterocycles. The molecule has 0 bridgehead atoms. The topological polar surface area (TPSA) is 128 Å². The quantitative estimate of drug-likeness (QED) is 0.302. The number of sulfonamides is 1. The van der Waals surface area contributed by atoms with Crippen LogP contribution in [0.1, 0.15) is 12.0 Å². The minimum atomic E-state index is -4.03. The van der Waals surface area contributed by atoms with Crippen LogP contribution in [0.4, 0.5) is 11.4 Å². The van der Waals surface area contributed by atoms with E-state index in [2.05, 4.69) is 34.5 Å². The van der Waals surface area contributed by atoms with E-state index >= 15 is 0 Å². The SMILES string of the molecule is Cc1ccc(SC[C@@H](CCN2CCOCC2)Nc2ccc(S(N)(=O)=O)cc2[N+](=O)[O-])cc1. The van der Waals surface area contributed by atoms with E-state index in [1.807, 2.05) is 6.92 Å². The van der Waals surface area contributed by atoms with Crippen molar-refractivity contribution in [3.8, 4) is 0 Å². The Hall–Kier alpha value is -2.18. The summed E-state index contributed by atoms with van der Waals surface area (Å²) in [5.74, 6) is 0.696. The van der Waals surface area contributed by atoms with Gasteiger partial charge in [-0.1, -0.05) is 17.7 Å². The summed E-state index contributed by atoms with van der Waals surface area (Å²) in [6.07, 6.45) is 0.771. The van der Waals surface area contributed by atoms with E-state index in [1.165, 1.54) is 17.7 Å². The Labute approximate surface area is 192 Å². The molecule has 9 nitrogen and oxygen atoms in total. The molecule has 3 N–H and O–H groups in total. The number of ether oxygens (including phenoxy) is 1. The predicted octanol–water partition coefficient (Wildman–Crippen LogP) is 2.85. The molecular formula is C21H28N4O5S2. The predicted molar refractivity (Wildman–Crippen MR) is 126 cm³/mol. The lowest BCUT2D eigenvalue weighted by Crippen LogP contribution is -2.39. The summed E-state index contributed by atoms with van der Waals surface area (Å²) >= 11 is 1.67. The molecule has 2 aromatic carbocycles. The Bertz CT molecular complexity index is 1020. The van der Waals surface area contributed by atoms with Crippen LogP contribution in [0.3, 0.4) is 0 Å². The van der Waals surface area contributed by atoms with E-state index in [9.17, 15) is 18.5 Å². The third-order valence-corrected chi connectivity index (χ3v) is 7.31. The number of thioether (sulfide) groups is 1. The van der Waals surface area contributed by atoms with Crippen molar-refractivity contribution < 1.29 is 18.1 Å². The molecule has 174 valence electrons. The van der Waals surface area contributed by atoms with E-state index in [1.54, 1.807) is 11.8 Å². The molecule has 1 aliphatic rings. The van der Waals surface area contributed by atoms with Crippen LogP contribution in [0, 0.1) is 17.0 Å². The van der Waals surface area contributed by atoms with Gasteiger partial charge >= 0.3 is 0 Å². The molecule has 32 heavy (non-hydrogen) atoms. The number of rotatable bonds is 10. The zero-order valence-corrected chi connectivity index (χ0v) is 19.5. The molecule has 0 unspecified atom stereocenters. The van der Waals surface area contributed by atoms with Gasteiger partial charge in [-0.3, -0.25) is 15.0 Å². The average molecular weight is 481 g/mol. The van der Waals surface area contributed by atoms with E-state index in [0.717, 1.165) is 37.0 Å². The standard InChI is InChI=1S/C21H28N4O5S2/c1-16-2-4-18(5-3-16)31-15-17(8-9-24-10-12-30-13-11-24)23-20-7-6-19(32(22,28)29)14-21(20)25(26)27/h2-7,14,17,23H,8-13,15H2,1H3,(H2,22,28,29)/t17-/m1/s1. The van der Waals surface area contributed by atoms with Gasteiger partial charge in [-0.25, -0.2) is 13.6 Å². The first-order chi connectivity index (χ1) is 15.2. The van der Waals surface area contributed by atoms with Gasteiger partial charge in [0.2, 0.25) is 10.0 Å². The number of nitro groups is 1. The minimum Gasteiger partial charge on any atom is -0.379 e. The number of morpholine rings is 1. The van der Waals surface area contributed by atoms with Crippen molar-refractivity contribution in [2.75, 3.05) is 43.9 Å². The number of nitrogens with two attached hydrogens (primary N) is 1. The highest BCUT2D eigenvalue weighted by Gasteiger charge is 2.22. The fraction of sp³-hybridized carbons (Fsp3) is 0.429. The van der Waals surface area contributed by atoms with Gasteiger partial charge in [-0.2, -0.15) is 0 Å². The van der Waals surface area contributed by atoms with Crippen molar-refractivity contribution >= 4 is 33.2 Å². The van der Waals surface area contributed by atoms with Gasteiger partial charge in [0, 0.05) is 42.4 Å². The Balaban J connectivity index is 1.76. The number of primary sulfonamides is 1. The Morgan fingerprint density at radius 3 is 2.53 bits per heavy atom. The van der Waals surface area contributed by atoms with Crippen molar-refractivity contribution in [3.05, 3.63) is 58.1 Å². The molecule has 1 atom stereocenters. The van der Waals surface area contributed by atoms with Gasteiger partial charge in [0.15, 0.2) is 0 Å². The summed E-state index contributed by atoms with van der Waals surface area (Å²) in [5, 5.41) is 20.0. The second kappa shape index (κ2) is 11.1. The molecule has 0 saturated carbocycles. The van der Waals surface area contributed by atoms with Crippen LogP contribution >= 0.6 is 11.8 Å². The highest BCUT2D eigenvalue weighted by molar-refractivity contribution is 7.99. The normalized spacial score (nSPS) is 15.9. The van der Waals surface area contributed by atoms with Crippen molar-refractivity contribution in [2.24, 2.45) is 5.14 Å².